The van der Waals surface area contributed by atoms with Crippen molar-refractivity contribution in [2.75, 3.05) is 11.9 Å². The second-order valence-electron chi connectivity index (χ2n) is 5.76. The summed E-state index contributed by atoms with van der Waals surface area (Å²) in [5.74, 6) is -3.00. The van der Waals surface area contributed by atoms with Crippen molar-refractivity contribution in [1.29, 1.82) is 0 Å². The lowest BCUT2D eigenvalue weighted by atomic mass is 10.0. The average Bonchev–Trinajstić information content (AvgIpc) is 3.23. The first-order valence-corrected chi connectivity index (χ1v) is 8.35. The highest BCUT2D eigenvalue weighted by Crippen LogP contribution is 2.20. The SMILES string of the molecule is O=C(COC(=O)c1ccc([N+](=O)[O-])o1)Nc1ccccc1C(=O)c1ccccc1. The quantitative estimate of drug-likeness (QED) is 0.282. The van der Waals surface area contributed by atoms with Crippen LogP contribution in [0.25, 0.3) is 0 Å². The maximum atomic E-state index is 12.7. The number of para-hydroxylation sites is 1. The third-order valence-electron chi connectivity index (χ3n) is 3.79. The van der Waals surface area contributed by atoms with E-state index in [0.29, 0.717) is 5.56 Å². The van der Waals surface area contributed by atoms with Crippen LogP contribution >= 0.6 is 0 Å². The van der Waals surface area contributed by atoms with E-state index in [1.807, 2.05) is 0 Å². The monoisotopic (exact) mass is 394 g/mol. The van der Waals surface area contributed by atoms with Crippen molar-refractivity contribution in [2.24, 2.45) is 0 Å². The second-order valence-corrected chi connectivity index (χ2v) is 5.76. The first-order chi connectivity index (χ1) is 14.0. The summed E-state index contributed by atoms with van der Waals surface area (Å²) in [6.45, 7) is -0.665. The Balaban J connectivity index is 1.64. The van der Waals surface area contributed by atoms with Gasteiger partial charge < -0.3 is 14.5 Å². The molecule has 0 unspecified atom stereocenters. The molecule has 1 amide bonds. The number of ketones is 1. The predicted molar refractivity (Wildman–Crippen MR) is 101 cm³/mol. The zero-order valence-corrected chi connectivity index (χ0v) is 14.9. The molecule has 0 spiro atoms. The van der Waals surface area contributed by atoms with Gasteiger partial charge in [-0.1, -0.05) is 42.5 Å². The maximum absolute atomic E-state index is 12.7. The van der Waals surface area contributed by atoms with Crippen LogP contribution in [0.5, 0.6) is 0 Å². The van der Waals surface area contributed by atoms with Gasteiger partial charge in [-0.2, -0.15) is 0 Å². The molecule has 0 aliphatic rings. The minimum atomic E-state index is -1.03. The summed E-state index contributed by atoms with van der Waals surface area (Å²) >= 11 is 0. The minimum Gasteiger partial charge on any atom is -0.450 e. The Morgan fingerprint density at radius 2 is 1.66 bits per heavy atom. The van der Waals surface area contributed by atoms with E-state index in [4.69, 9.17) is 9.15 Å². The van der Waals surface area contributed by atoms with E-state index in [0.717, 1.165) is 12.1 Å². The molecule has 1 heterocycles. The van der Waals surface area contributed by atoms with Gasteiger partial charge in [0.05, 0.1) is 11.8 Å². The van der Waals surface area contributed by atoms with Crippen LogP contribution in [0.2, 0.25) is 0 Å². The molecule has 0 bridgehead atoms. The van der Waals surface area contributed by atoms with Crippen molar-refractivity contribution in [1.82, 2.24) is 0 Å². The number of esters is 1. The van der Waals surface area contributed by atoms with Gasteiger partial charge in [0.2, 0.25) is 5.76 Å². The number of hydrogen-bond acceptors (Lipinski definition) is 7. The maximum Gasteiger partial charge on any atom is 0.433 e. The van der Waals surface area contributed by atoms with Crippen molar-refractivity contribution < 1.29 is 28.5 Å². The number of furan rings is 1. The zero-order chi connectivity index (χ0) is 20.8. The molecule has 0 aliphatic carbocycles. The average molecular weight is 394 g/mol. The van der Waals surface area contributed by atoms with Gasteiger partial charge >= 0.3 is 11.9 Å². The fourth-order valence-corrected chi connectivity index (χ4v) is 2.46. The Morgan fingerprint density at radius 3 is 2.34 bits per heavy atom. The molecular formula is C20H14N2O7. The molecular weight excluding hydrogens is 380 g/mol. The number of rotatable bonds is 7. The van der Waals surface area contributed by atoms with Crippen molar-refractivity contribution in [3.8, 4) is 0 Å². The zero-order valence-electron chi connectivity index (χ0n) is 14.9. The van der Waals surface area contributed by atoms with Crippen LogP contribution < -0.4 is 5.32 Å². The van der Waals surface area contributed by atoms with Gasteiger partial charge in [0.1, 0.15) is 4.92 Å². The summed E-state index contributed by atoms with van der Waals surface area (Å²) in [6.07, 6.45) is 0. The van der Waals surface area contributed by atoms with Crippen molar-refractivity contribution in [3.63, 3.8) is 0 Å². The Morgan fingerprint density at radius 1 is 0.966 bits per heavy atom. The topological polar surface area (TPSA) is 129 Å². The Bertz CT molecular complexity index is 1070. The van der Waals surface area contributed by atoms with Gasteiger partial charge in [-0.3, -0.25) is 19.7 Å². The van der Waals surface area contributed by atoms with E-state index >= 15 is 0 Å². The molecule has 0 radical (unpaired) electrons. The number of anilines is 1. The standard InChI is InChI=1S/C20H14N2O7/c23-17(12-28-20(25)16-10-11-18(29-16)22(26)27)21-15-9-5-4-8-14(15)19(24)13-6-2-1-3-7-13/h1-11H,12H2,(H,21,23). The first kappa shape index (κ1) is 19.5. The Kier molecular flexibility index (Phi) is 5.79. The summed E-state index contributed by atoms with van der Waals surface area (Å²) in [6, 6.07) is 17.1. The number of ether oxygens (including phenoxy) is 1. The number of hydrogen-bond donors (Lipinski definition) is 1. The molecule has 0 saturated heterocycles. The van der Waals surface area contributed by atoms with Crippen LogP contribution in [-0.2, 0) is 9.53 Å². The number of carbonyl (C=O) groups is 3. The van der Waals surface area contributed by atoms with Gasteiger partial charge in [0.15, 0.2) is 12.4 Å². The Labute approximate surface area is 164 Å². The highest BCUT2D eigenvalue weighted by molar-refractivity contribution is 6.13. The molecule has 29 heavy (non-hydrogen) atoms. The number of nitro groups is 1. The molecule has 146 valence electrons. The highest BCUT2D eigenvalue weighted by atomic mass is 16.7. The van der Waals surface area contributed by atoms with Crippen molar-refractivity contribution >= 4 is 29.2 Å². The molecule has 0 fully saturated rings. The van der Waals surface area contributed by atoms with E-state index in [1.54, 1.807) is 54.6 Å². The molecule has 1 aromatic heterocycles. The fourth-order valence-electron chi connectivity index (χ4n) is 2.46. The summed E-state index contributed by atoms with van der Waals surface area (Å²) < 4.78 is 9.49. The van der Waals surface area contributed by atoms with E-state index in [2.05, 4.69) is 5.32 Å². The van der Waals surface area contributed by atoms with Crippen LogP contribution in [0, 0.1) is 10.1 Å². The normalized spacial score (nSPS) is 10.2. The number of nitrogens with one attached hydrogen (secondary N) is 1. The largest absolute Gasteiger partial charge is 0.450 e. The fraction of sp³-hybridized carbons (Fsp3) is 0.0500. The smallest absolute Gasteiger partial charge is 0.433 e. The lowest BCUT2D eigenvalue weighted by Gasteiger charge is -2.10. The summed E-state index contributed by atoms with van der Waals surface area (Å²) in [7, 11) is 0. The van der Waals surface area contributed by atoms with Crippen LogP contribution in [-0.4, -0.2) is 29.2 Å². The molecule has 1 N–H and O–H groups in total. The minimum absolute atomic E-state index is 0.260. The summed E-state index contributed by atoms with van der Waals surface area (Å²) in [5, 5.41) is 13.1. The number of carbonyl (C=O) groups excluding carboxylic acids is 3. The van der Waals surface area contributed by atoms with E-state index in [-0.39, 0.29) is 17.0 Å². The van der Waals surface area contributed by atoms with E-state index in [9.17, 15) is 24.5 Å². The molecule has 3 rings (SSSR count). The van der Waals surface area contributed by atoms with Gasteiger partial charge in [0.25, 0.3) is 5.91 Å². The molecule has 9 nitrogen and oxygen atoms in total. The molecule has 2 aromatic carbocycles. The molecule has 0 atom stereocenters. The summed E-state index contributed by atoms with van der Waals surface area (Å²) in [5.41, 5.74) is 0.996. The number of nitrogens with zero attached hydrogens (tertiary/aromatic N) is 1. The Hall–Kier alpha value is -4.27. The predicted octanol–water partition coefficient (Wildman–Crippen LogP) is 3.21. The third-order valence-corrected chi connectivity index (χ3v) is 3.79. The lowest BCUT2D eigenvalue weighted by molar-refractivity contribution is -0.402. The van der Waals surface area contributed by atoms with Gasteiger partial charge in [-0.05, 0) is 18.2 Å². The van der Waals surface area contributed by atoms with Crippen molar-refractivity contribution in [2.45, 2.75) is 0 Å². The van der Waals surface area contributed by atoms with Crippen LogP contribution in [0.3, 0.4) is 0 Å². The highest BCUT2D eigenvalue weighted by Gasteiger charge is 2.20. The molecule has 9 heteroatoms. The number of amides is 1. The van der Waals surface area contributed by atoms with E-state index < -0.39 is 35.1 Å². The summed E-state index contributed by atoms with van der Waals surface area (Å²) in [4.78, 5) is 46.4. The third kappa shape index (κ3) is 4.72. The lowest BCUT2D eigenvalue weighted by Crippen LogP contribution is -2.22. The number of benzene rings is 2. The first-order valence-electron chi connectivity index (χ1n) is 8.35. The van der Waals surface area contributed by atoms with Crippen LogP contribution in [0.1, 0.15) is 26.5 Å². The van der Waals surface area contributed by atoms with Gasteiger partial charge in [-0.15, -0.1) is 0 Å². The van der Waals surface area contributed by atoms with E-state index in [1.165, 1.54) is 0 Å². The molecule has 3 aromatic rings. The molecule has 0 saturated carbocycles. The van der Waals surface area contributed by atoms with Crippen LogP contribution in [0.15, 0.2) is 71.1 Å². The van der Waals surface area contributed by atoms with Crippen LogP contribution in [0.4, 0.5) is 11.6 Å². The van der Waals surface area contributed by atoms with Crippen molar-refractivity contribution in [3.05, 3.63) is 93.7 Å². The molecule has 0 aliphatic heterocycles. The van der Waals surface area contributed by atoms with Gasteiger partial charge in [0, 0.05) is 11.1 Å². The second kappa shape index (κ2) is 8.61. The van der Waals surface area contributed by atoms with Gasteiger partial charge in [-0.25, -0.2) is 4.79 Å².